The van der Waals surface area contributed by atoms with Gasteiger partial charge in [-0.1, -0.05) is 68.4 Å². The molecule has 0 aromatic heterocycles. The molecule has 4 nitrogen and oxygen atoms in total. The fourth-order valence-corrected chi connectivity index (χ4v) is 6.98. The molecule has 0 unspecified atom stereocenters. The second-order valence-corrected chi connectivity index (χ2v) is 29.1. The molecule has 3 atom stereocenters. The highest BCUT2D eigenvalue weighted by Crippen LogP contribution is 2.42. The highest BCUT2D eigenvalue weighted by molar-refractivity contribution is 6.75. The molecule has 34 heavy (non-hydrogen) atoms. The van der Waals surface area contributed by atoms with E-state index in [2.05, 4.69) is 115 Å². The molecule has 0 aromatic carbocycles. The molecule has 1 N–H and O–H groups in total. The van der Waals surface area contributed by atoms with Gasteiger partial charge in [0.1, 0.15) is 0 Å². The third-order valence-electron chi connectivity index (χ3n) is 8.42. The third kappa shape index (κ3) is 9.94. The number of rotatable bonds is 11. The van der Waals surface area contributed by atoms with E-state index >= 15 is 0 Å². The largest absolute Gasteiger partial charge is 0.414 e. The van der Waals surface area contributed by atoms with Crippen molar-refractivity contribution in [1.29, 1.82) is 0 Å². The molecular weight excluding hydrogens is 473 g/mol. The van der Waals surface area contributed by atoms with E-state index < -0.39 is 25.0 Å². The van der Waals surface area contributed by atoms with Crippen molar-refractivity contribution in [2.75, 3.05) is 6.61 Å². The smallest absolute Gasteiger partial charge is 0.193 e. The highest BCUT2D eigenvalue weighted by atomic mass is 28.4. The van der Waals surface area contributed by atoms with Crippen LogP contribution in [0.15, 0.2) is 11.6 Å². The molecule has 0 rings (SSSR count). The average Bonchev–Trinajstić information content (AvgIpc) is 2.56. The zero-order valence-corrected chi connectivity index (χ0v) is 28.9. The van der Waals surface area contributed by atoms with Gasteiger partial charge in [0.25, 0.3) is 0 Å². The van der Waals surface area contributed by atoms with Gasteiger partial charge in [-0.05, 0) is 80.2 Å². The molecule has 0 saturated heterocycles. The lowest BCUT2D eigenvalue weighted by atomic mass is 10.1. The molecule has 0 radical (unpaired) electrons. The molecule has 0 amide bonds. The standard InChI is InChI=1S/C27H60O4Si3/c1-21(20-28)18-23(30-33(14,15)26(6,7)8)24(31-34(16,17)27(9,10)11)19-22(2)29-32(12,13)25(3,4)5/h18,22-24,28H,19-20H2,1-17H3/t22-,23-,24-/m1/s1. The van der Waals surface area contributed by atoms with Gasteiger partial charge in [-0.15, -0.1) is 0 Å². The number of aliphatic hydroxyl groups is 1. The van der Waals surface area contributed by atoms with Crippen LogP contribution in [0.5, 0.6) is 0 Å². The summed E-state index contributed by atoms with van der Waals surface area (Å²) in [6.07, 6.45) is 2.60. The minimum absolute atomic E-state index is 0.0280. The summed E-state index contributed by atoms with van der Waals surface area (Å²) in [4.78, 5) is 0. The van der Waals surface area contributed by atoms with Gasteiger partial charge < -0.3 is 18.4 Å². The SMILES string of the molecule is CC(=C[C@@H](O[Si](C)(C)C(C)(C)C)[C@@H](C[C@@H](C)O[Si](C)(C)C(C)(C)C)O[Si](C)(C)C(C)(C)C)CO. The average molecular weight is 533 g/mol. The lowest BCUT2D eigenvalue weighted by Crippen LogP contribution is -2.53. The van der Waals surface area contributed by atoms with E-state index in [0.717, 1.165) is 12.0 Å². The van der Waals surface area contributed by atoms with E-state index in [-0.39, 0.29) is 40.0 Å². The molecule has 0 bridgehead atoms. The Labute approximate surface area is 216 Å². The van der Waals surface area contributed by atoms with E-state index in [1.54, 1.807) is 0 Å². The summed E-state index contributed by atoms with van der Waals surface area (Å²) >= 11 is 0. The first-order valence-corrected chi connectivity index (χ1v) is 21.8. The predicted octanol–water partition coefficient (Wildman–Crippen LogP) is 8.51. The van der Waals surface area contributed by atoms with Crippen LogP contribution in [-0.4, -0.2) is 55.0 Å². The second-order valence-electron chi connectivity index (χ2n) is 14.9. The summed E-state index contributed by atoms with van der Waals surface area (Å²) < 4.78 is 20.9. The van der Waals surface area contributed by atoms with Gasteiger partial charge in [0.05, 0.1) is 18.8 Å². The van der Waals surface area contributed by atoms with Crippen LogP contribution < -0.4 is 0 Å². The van der Waals surface area contributed by atoms with Crippen molar-refractivity contribution < 1.29 is 18.4 Å². The maximum atomic E-state index is 9.85. The van der Waals surface area contributed by atoms with Crippen LogP contribution in [0.25, 0.3) is 0 Å². The van der Waals surface area contributed by atoms with Crippen molar-refractivity contribution in [3.05, 3.63) is 11.6 Å². The van der Waals surface area contributed by atoms with Crippen molar-refractivity contribution in [2.24, 2.45) is 0 Å². The van der Waals surface area contributed by atoms with E-state index in [1.807, 2.05) is 6.92 Å². The Balaban J connectivity index is 6.38. The topological polar surface area (TPSA) is 47.9 Å². The summed E-state index contributed by atoms with van der Waals surface area (Å²) in [5, 5.41) is 10.2. The second kappa shape index (κ2) is 11.7. The van der Waals surface area contributed by atoms with Gasteiger partial charge in [0, 0.05) is 6.10 Å². The number of aliphatic hydroxyl groups excluding tert-OH is 1. The summed E-state index contributed by atoms with van der Waals surface area (Å²) in [5.41, 5.74) is 0.922. The fourth-order valence-electron chi connectivity index (χ4n) is 2.93. The molecule has 0 aliphatic rings. The quantitative estimate of drug-likeness (QED) is 0.214. The fraction of sp³-hybridized carbons (Fsp3) is 0.926. The third-order valence-corrected chi connectivity index (χ3v) is 22.0. The Kier molecular flexibility index (Phi) is 11.8. The molecule has 0 aromatic rings. The van der Waals surface area contributed by atoms with Crippen LogP contribution in [-0.2, 0) is 13.3 Å². The van der Waals surface area contributed by atoms with Gasteiger partial charge in [-0.25, -0.2) is 0 Å². The summed E-state index contributed by atoms with van der Waals surface area (Å²) in [6, 6.07) is 0. The molecule has 0 fully saturated rings. The summed E-state index contributed by atoms with van der Waals surface area (Å²) in [5.74, 6) is 0. The Morgan fingerprint density at radius 3 is 1.41 bits per heavy atom. The Hall–Kier alpha value is 0.231. The van der Waals surface area contributed by atoms with Crippen molar-refractivity contribution in [3.8, 4) is 0 Å². The van der Waals surface area contributed by atoms with Gasteiger partial charge in [0.15, 0.2) is 25.0 Å². The van der Waals surface area contributed by atoms with Gasteiger partial charge in [0.2, 0.25) is 0 Å². The number of hydrogen-bond acceptors (Lipinski definition) is 4. The van der Waals surface area contributed by atoms with Crippen LogP contribution in [0.4, 0.5) is 0 Å². The minimum Gasteiger partial charge on any atom is -0.414 e. The highest BCUT2D eigenvalue weighted by Gasteiger charge is 2.45. The van der Waals surface area contributed by atoms with Crippen LogP contribution in [0, 0.1) is 0 Å². The Morgan fingerprint density at radius 2 is 1.06 bits per heavy atom. The van der Waals surface area contributed by atoms with Crippen LogP contribution in [0.3, 0.4) is 0 Å². The van der Waals surface area contributed by atoms with Gasteiger partial charge in [-0.2, -0.15) is 0 Å². The lowest BCUT2D eigenvalue weighted by Gasteiger charge is -2.46. The zero-order chi connectivity index (χ0) is 27.6. The first kappa shape index (κ1) is 34.2. The first-order chi connectivity index (χ1) is 14.8. The molecule has 204 valence electrons. The zero-order valence-electron chi connectivity index (χ0n) is 25.9. The van der Waals surface area contributed by atoms with Crippen LogP contribution in [0.2, 0.25) is 54.4 Å². The van der Waals surface area contributed by atoms with Crippen molar-refractivity contribution in [2.45, 2.75) is 155 Å². The lowest BCUT2D eigenvalue weighted by molar-refractivity contribution is 0.0291. The Morgan fingerprint density at radius 1 is 0.706 bits per heavy atom. The maximum Gasteiger partial charge on any atom is 0.193 e. The Bertz CT molecular complexity index is 665. The normalized spacial score (nSPS) is 18.1. The monoisotopic (exact) mass is 532 g/mol. The van der Waals surface area contributed by atoms with Gasteiger partial charge >= 0.3 is 0 Å². The molecule has 0 aliphatic heterocycles. The van der Waals surface area contributed by atoms with E-state index in [4.69, 9.17) is 13.3 Å². The van der Waals surface area contributed by atoms with E-state index in [9.17, 15) is 5.11 Å². The van der Waals surface area contributed by atoms with E-state index in [1.165, 1.54) is 0 Å². The first-order valence-electron chi connectivity index (χ1n) is 13.1. The molecule has 0 saturated carbocycles. The molecular formula is C27H60O4Si3. The molecule has 7 heteroatoms. The minimum atomic E-state index is -2.08. The molecule has 0 aliphatic carbocycles. The predicted molar refractivity (Wildman–Crippen MR) is 157 cm³/mol. The van der Waals surface area contributed by atoms with Gasteiger partial charge in [-0.3, -0.25) is 0 Å². The van der Waals surface area contributed by atoms with Crippen LogP contribution >= 0.6 is 0 Å². The van der Waals surface area contributed by atoms with Crippen molar-refractivity contribution >= 4 is 25.0 Å². The summed E-state index contributed by atoms with van der Waals surface area (Å²) in [7, 11) is -6.07. The summed E-state index contributed by atoms with van der Waals surface area (Å²) in [6.45, 7) is 38.5. The number of hydrogen-bond donors (Lipinski definition) is 1. The maximum absolute atomic E-state index is 9.85. The van der Waals surface area contributed by atoms with Crippen molar-refractivity contribution in [1.82, 2.24) is 0 Å². The van der Waals surface area contributed by atoms with E-state index in [0.29, 0.717) is 0 Å². The molecule has 0 heterocycles. The molecule has 0 spiro atoms. The van der Waals surface area contributed by atoms with Crippen molar-refractivity contribution in [3.63, 3.8) is 0 Å². The van der Waals surface area contributed by atoms with Crippen LogP contribution in [0.1, 0.15) is 82.6 Å².